The number of hydrogen-bond donors (Lipinski definition) is 0. The van der Waals surface area contributed by atoms with Crippen LogP contribution in [0.2, 0.25) is 0 Å². The van der Waals surface area contributed by atoms with E-state index < -0.39 is 0 Å². The van der Waals surface area contributed by atoms with Crippen molar-refractivity contribution in [2.75, 3.05) is 0 Å². The molecule has 1 aliphatic carbocycles. The first-order chi connectivity index (χ1) is 8.84. The molecule has 96 valence electrons. The number of hydrogen-bond acceptors (Lipinski definition) is 1. The standard InChI is InChI=1S/C16H19BrS/c17-15-8-3-1-2-6-12(15)10-13-11-18-16-9-5-4-7-14(13)16/h4-5,7,9,11-12,15H,1-3,6,8,10H2. The Bertz CT molecular complexity index is 517. The Kier molecular flexibility index (Phi) is 4.05. The van der Waals surface area contributed by atoms with E-state index >= 15 is 0 Å². The van der Waals surface area contributed by atoms with Gasteiger partial charge in [-0.25, -0.2) is 0 Å². The van der Waals surface area contributed by atoms with Gasteiger partial charge >= 0.3 is 0 Å². The zero-order valence-corrected chi connectivity index (χ0v) is 13.0. The van der Waals surface area contributed by atoms with Gasteiger partial charge in [0.25, 0.3) is 0 Å². The van der Waals surface area contributed by atoms with E-state index in [9.17, 15) is 0 Å². The third-order valence-electron chi connectivity index (χ3n) is 4.11. The fourth-order valence-electron chi connectivity index (χ4n) is 3.04. The largest absolute Gasteiger partial charge is 0.144 e. The van der Waals surface area contributed by atoms with E-state index in [1.807, 2.05) is 11.3 Å². The van der Waals surface area contributed by atoms with Gasteiger partial charge in [-0.1, -0.05) is 53.4 Å². The van der Waals surface area contributed by atoms with Crippen molar-refractivity contribution < 1.29 is 0 Å². The maximum Gasteiger partial charge on any atom is 0.0345 e. The van der Waals surface area contributed by atoms with Crippen LogP contribution in [0.4, 0.5) is 0 Å². The van der Waals surface area contributed by atoms with Crippen molar-refractivity contribution in [2.45, 2.75) is 43.4 Å². The first-order valence-corrected chi connectivity index (χ1v) is 8.73. The van der Waals surface area contributed by atoms with Crippen LogP contribution in [0.5, 0.6) is 0 Å². The minimum atomic E-state index is 0.721. The van der Waals surface area contributed by atoms with Gasteiger partial charge in [0.2, 0.25) is 0 Å². The molecular formula is C16H19BrS. The SMILES string of the molecule is BrC1CCCCCC1Cc1csc2ccccc12. The van der Waals surface area contributed by atoms with Gasteiger partial charge in [-0.3, -0.25) is 0 Å². The Morgan fingerprint density at radius 2 is 1.94 bits per heavy atom. The van der Waals surface area contributed by atoms with Crippen LogP contribution in [0, 0.1) is 5.92 Å². The molecule has 1 aromatic heterocycles. The molecule has 0 N–H and O–H groups in total. The Hall–Kier alpha value is -0.340. The summed E-state index contributed by atoms with van der Waals surface area (Å²) in [4.78, 5) is 0.721. The van der Waals surface area contributed by atoms with Crippen molar-refractivity contribution in [3.8, 4) is 0 Å². The number of alkyl halides is 1. The second-order valence-electron chi connectivity index (χ2n) is 5.38. The van der Waals surface area contributed by atoms with Gasteiger partial charge in [0.15, 0.2) is 0 Å². The van der Waals surface area contributed by atoms with Gasteiger partial charge in [-0.15, -0.1) is 11.3 Å². The summed E-state index contributed by atoms with van der Waals surface area (Å²) in [5, 5.41) is 3.85. The number of fused-ring (bicyclic) bond motifs is 1. The molecule has 2 aromatic rings. The molecule has 1 fully saturated rings. The summed E-state index contributed by atoms with van der Waals surface area (Å²) in [5.74, 6) is 0.825. The average Bonchev–Trinajstić information content (AvgIpc) is 2.69. The van der Waals surface area contributed by atoms with Crippen molar-refractivity contribution in [3.05, 3.63) is 35.2 Å². The molecule has 3 rings (SSSR count). The monoisotopic (exact) mass is 322 g/mol. The predicted octanol–water partition coefficient (Wildman–Crippen LogP) is 5.79. The number of halogens is 1. The summed E-state index contributed by atoms with van der Waals surface area (Å²) in [5.41, 5.74) is 1.56. The molecule has 1 heterocycles. The highest BCUT2D eigenvalue weighted by Gasteiger charge is 2.22. The first kappa shape index (κ1) is 12.7. The minimum Gasteiger partial charge on any atom is -0.144 e. The highest BCUT2D eigenvalue weighted by Crippen LogP contribution is 2.34. The molecule has 0 nitrogen and oxygen atoms in total. The van der Waals surface area contributed by atoms with E-state index in [2.05, 4.69) is 45.6 Å². The molecule has 0 saturated heterocycles. The van der Waals surface area contributed by atoms with Gasteiger partial charge in [0.1, 0.15) is 0 Å². The van der Waals surface area contributed by atoms with Crippen LogP contribution in [-0.4, -0.2) is 4.83 Å². The first-order valence-electron chi connectivity index (χ1n) is 6.94. The second kappa shape index (κ2) is 5.75. The summed E-state index contributed by atoms with van der Waals surface area (Å²) in [6.07, 6.45) is 8.22. The summed E-state index contributed by atoms with van der Waals surface area (Å²) in [6.45, 7) is 0. The van der Waals surface area contributed by atoms with Gasteiger partial charge in [0.05, 0.1) is 0 Å². The summed E-state index contributed by atoms with van der Waals surface area (Å²) in [6, 6.07) is 8.82. The van der Waals surface area contributed by atoms with Crippen molar-refractivity contribution in [1.29, 1.82) is 0 Å². The lowest BCUT2D eigenvalue weighted by Crippen LogP contribution is -2.15. The molecule has 0 amide bonds. The van der Waals surface area contributed by atoms with Crippen molar-refractivity contribution in [3.63, 3.8) is 0 Å². The van der Waals surface area contributed by atoms with Gasteiger partial charge in [-0.2, -0.15) is 0 Å². The predicted molar refractivity (Wildman–Crippen MR) is 84.8 cm³/mol. The molecule has 0 radical (unpaired) electrons. The molecule has 2 heteroatoms. The fourth-order valence-corrected chi connectivity index (χ4v) is 4.79. The maximum atomic E-state index is 3.92. The summed E-state index contributed by atoms with van der Waals surface area (Å²) >= 11 is 5.81. The Morgan fingerprint density at radius 1 is 1.11 bits per heavy atom. The Balaban J connectivity index is 1.82. The van der Waals surface area contributed by atoms with Crippen molar-refractivity contribution in [2.24, 2.45) is 5.92 Å². The maximum absolute atomic E-state index is 3.92. The Labute approximate surface area is 122 Å². The van der Waals surface area contributed by atoms with Gasteiger partial charge in [-0.05, 0) is 47.6 Å². The molecule has 18 heavy (non-hydrogen) atoms. The van der Waals surface area contributed by atoms with E-state index in [0.29, 0.717) is 0 Å². The molecule has 1 aromatic carbocycles. The van der Waals surface area contributed by atoms with Crippen molar-refractivity contribution in [1.82, 2.24) is 0 Å². The normalized spacial score (nSPS) is 25.2. The molecule has 0 aliphatic heterocycles. The van der Waals surface area contributed by atoms with E-state index in [1.54, 1.807) is 5.56 Å². The zero-order valence-electron chi connectivity index (χ0n) is 10.6. The zero-order chi connectivity index (χ0) is 12.4. The number of benzene rings is 1. The topological polar surface area (TPSA) is 0 Å². The van der Waals surface area contributed by atoms with E-state index in [-0.39, 0.29) is 0 Å². The lowest BCUT2D eigenvalue weighted by Gasteiger charge is -2.19. The minimum absolute atomic E-state index is 0.721. The molecule has 1 saturated carbocycles. The molecule has 0 spiro atoms. The third kappa shape index (κ3) is 2.65. The van der Waals surface area contributed by atoms with Crippen LogP contribution in [0.15, 0.2) is 29.6 Å². The van der Waals surface area contributed by atoms with Gasteiger partial charge < -0.3 is 0 Å². The van der Waals surface area contributed by atoms with E-state index in [4.69, 9.17) is 0 Å². The lowest BCUT2D eigenvalue weighted by molar-refractivity contribution is 0.477. The summed E-state index contributed by atoms with van der Waals surface area (Å²) in [7, 11) is 0. The summed E-state index contributed by atoms with van der Waals surface area (Å²) < 4.78 is 1.44. The quantitative estimate of drug-likeness (QED) is 0.485. The van der Waals surface area contributed by atoms with E-state index in [1.165, 1.54) is 48.6 Å². The number of rotatable bonds is 2. The molecular weight excluding hydrogens is 304 g/mol. The van der Waals surface area contributed by atoms with Gasteiger partial charge in [0, 0.05) is 9.53 Å². The fraction of sp³-hybridized carbons (Fsp3) is 0.500. The van der Waals surface area contributed by atoms with Crippen LogP contribution >= 0.6 is 27.3 Å². The molecule has 2 atom stereocenters. The lowest BCUT2D eigenvalue weighted by atomic mass is 9.92. The van der Waals surface area contributed by atoms with Crippen LogP contribution < -0.4 is 0 Å². The number of thiophene rings is 1. The second-order valence-corrected chi connectivity index (χ2v) is 7.46. The van der Waals surface area contributed by atoms with Crippen LogP contribution in [0.1, 0.15) is 37.7 Å². The average molecular weight is 323 g/mol. The van der Waals surface area contributed by atoms with Crippen LogP contribution in [0.25, 0.3) is 10.1 Å². The smallest absolute Gasteiger partial charge is 0.0345 e. The van der Waals surface area contributed by atoms with Crippen LogP contribution in [-0.2, 0) is 6.42 Å². The molecule has 2 unspecified atom stereocenters. The Morgan fingerprint density at radius 3 is 2.89 bits per heavy atom. The highest BCUT2D eigenvalue weighted by molar-refractivity contribution is 9.09. The van der Waals surface area contributed by atoms with Crippen molar-refractivity contribution >= 4 is 37.4 Å². The molecule has 0 bridgehead atoms. The molecule has 1 aliphatic rings. The third-order valence-corrected chi connectivity index (χ3v) is 6.33. The van der Waals surface area contributed by atoms with Crippen LogP contribution in [0.3, 0.4) is 0 Å². The van der Waals surface area contributed by atoms with E-state index in [0.717, 1.165) is 10.7 Å². The highest BCUT2D eigenvalue weighted by atomic mass is 79.9.